The number of hydrogen-bond donors (Lipinski definition) is 0. The molecule has 92 valence electrons. The summed E-state index contributed by atoms with van der Waals surface area (Å²) in [6, 6.07) is 2.33. The number of hydrogen-bond acceptors (Lipinski definition) is 1. The summed E-state index contributed by atoms with van der Waals surface area (Å²) in [4.78, 5) is 2.71. The Morgan fingerprint density at radius 2 is 1.94 bits per heavy atom. The first-order valence-corrected chi connectivity index (χ1v) is 7.30. The molecule has 0 unspecified atom stereocenters. The van der Waals surface area contributed by atoms with E-state index in [4.69, 9.17) is 0 Å². The summed E-state index contributed by atoms with van der Waals surface area (Å²) in [6.07, 6.45) is 2.73. The first kappa shape index (κ1) is 12.7. The minimum absolute atomic E-state index is 0.100. The molecule has 0 N–H and O–H groups in total. The number of aryl methyl sites for hydroxylation is 1. The first-order chi connectivity index (χ1) is 7.85. The van der Waals surface area contributed by atoms with Gasteiger partial charge in [-0.05, 0) is 64.0 Å². The van der Waals surface area contributed by atoms with Crippen molar-refractivity contribution < 1.29 is 0 Å². The van der Waals surface area contributed by atoms with Gasteiger partial charge < -0.3 is 0 Å². The van der Waals surface area contributed by atoms with Crippen molar-refractivity contribution in [2.45, 2.75) is 53.4 Å². The summed E-state index contributed by atoms with van der Waals surface area (Å²) in [7, 11) is 0. The van der Waals surface area contributed by atoms with Crippen LogP contribution in [0, 0.1) is 30.1 Å². The minimum atomic E-state index is 0.100. The fourth-order valence-electron chi connectivity index (χ4n) is 2.37. The molecule has 0 saturated heterocycles. The molecule has 0 radical (unpaired) electrons. The largest absolute Gasteiger partial charge is 0.132 e. The molecule has 0 bridgehead atoms. The highest BCUT2D eigenvalue weighted by atomic mass is 32.1. The van der Waals surface area contributed by atoms with Crippen LogP contribution < -0.4 is 0 Å². The van der Waals surface area contributed by atoms with E-state index in [-0.39, 0.29) is 5.41 Å². The zero-order chi connectivity index (χ0) is 12.6. The van der Waals surface area contributed by atoms with Gasteiger partial charge in [0.1, 0.15) is 0 Å². The maximum absolute atomic E-state index is 3.33. The molecule has 1 aromatic rings. The Hall–Kier alpha value is -0.740. The van der Waals surface area contributed by atoms with Gasteiger partial charge in [-0.1, -0.05) is 18.8 Å². The molecule has 1 aromatic heterocycles. The zero-order valence-corrected chi connectivity index (χ0v) is 12.4. The molecule has 1 fully saturated rings. The van der Waals surface area contributed by atoms with Gasteiger partial charge in [-0.25, -0.2) is 0 Å². The molecule has 1 heteroatoms. The quantitative estimate of drug-likeness (QED) is 0.614. The van der Waals surface area contributed by atoms with Crippen molar-refractivity contribution in [2.75, 3.05) is 0 Å². The van der Waals surface area contributed by atoms with Crippen LogP contribution in [0.3, 0.4) is 0 Å². The van der Waals surface area contributed by atoms with Crippen LogP contribution in [0.2, 0.25) is 0 Å². The number of rotatable bonds is 1. The summed E-state index contributed by atoms with van der Waals surface area (Å²) in [6.45, 7) is 11.1. The predicted molar refractivity (Wildman–Crippen MR) is 76.5 cm³/mol. The molecule has 0 atom stereocenters. The monoisotopic (exact) mass is 246 g/mol. The molecule has 1 aliphatic rings. The molecular weight excluding hydrogens is 224 g/mol. The van der Waals surface area contributed by atoms with Crippen LogP contribution in [0.15, 0.2) is 6.07 Å². The SMILES string of the molecule is Cc1sc(C#CC(C)(C)C)cc1C1CC(C)C1. The Labute approximate surface area is 109 Å². The third-order valence-corrected chi connectivity index (χ3v) is 4.31. The van der Waals surface area contributed by atoms with Crippen molar-refractivity contribution in [3.63, 3.8) is 0 Å². The molecule has 0 spiro atoms. The smallest absolute Gasteiger partial charge is 0.0774 e. The molecule has 0 aliphatic heterocycles. The normalized spacial score (nSPS) is 23.8. The first-order valence-electron chi connectivity index (χ1n) is 6.48. The van der Waals surface area contributed by atoms with Gasteiger partial charge in [0.25, 0.3) is 0 Å². The van der Waals surface area contributed by atoms with E-state index in [0.717, 1.165) is 11.8 Å². The molecular formula is C16H22S. The summed E-state index contributed by atoms with van der Waals surface area (Å²) in [5.74, 6) is 8.38. The van der Waals surface area contributed by atoms with E-state index in [2.05, 4.69) is 52.5 Å². The van der Waals surface area contributed by atoms with Gasteiger partial charge in [-0.15, -0.1) is 11.3 Å². The second kappa shape index (κ2) is 4.50. The Morgan fingerprint density at radius 1 is 1.29 bits per heavy atom. The molecule has 2 rings (SSSR count). The van der Waals surface area contributed by atoms with Gasteiger partial charge in [-0.3, -0.25) is 0 Å². The molecule has 0 aromatic carbocycles. The highest BCUT2D eigenvalue weighted by Crippen LogP contribution is 2.44. The lowest BCUT2D eigenvalue weighted by atomic mass is 9.72. The van der Waals surface area contributed by atoms with E-state index in [1.54, 1.807) is 5.56 Å². The topological polar surface area (TPSA) is 0 Å². The standard InChI is InChI=1S/C16H22S/c1-11-8-13(9-11)15-10-14(17-12(15)2)6-7-16(3,4)5/h10-11,13H,8-9H2,1-5H3. The van der Waals surface area contributed by atoms with Crippen LogP contribution in [0.25, 0.3) is 0 Å². The van der Waals surface area contributed by atoms with Crippen LogP contribution in [-0.4, -0.2) is 0 Å². The highest BCUT2D eigenvalue weighted by Gasteiger charge is 2.28. The molecule has 17 heavy (non-hydrogen) atoms. The van der Waals surface area contributed by atoms with Crippen LogP contribution in [0.5, 0.6) is 0 Å². The van der Waals surface area contributed by atoms with E-state index >= 15 is 0 Å². The third kappa shape index (κ3) is 3.13. The summed E-state index contributed by atoms with van der Waals surface area (Å²) < 4.78 is 0. The van der Waals surface area contributed by atoms with Crippen molar-refractivity contribution >= 4 is 11.3 Å². The maximum atomic E-state index is 3.33. The second-order valence-corrected chi connectivity index (χ2v) is 7.65. The van der Waals surface area contributed by atoms with Crippen molar-refractivity contribution in [3.05, 3.63) is 21.4 Å². The summed E-state index contributed by atoms with van der Waals surface area (Å²) >= 11 is 1.86. The second-order valence-electron chi connectivity index (χ2n) is 6.40. The van der Waals surface area contributed by atoms with Crippen LogP contribution in [0.4, 0.5) is 0 Å². The van der Waals surface area contributed by atoms with Crippen LogP contribution >= 0.6 is 11.3 Å². The van der Waals surface area contributed by atoms with Crippen molar-refractivity contribution in [1.29, 1.82) is 0 Å². The van der Waals surface area contributed by atoms with E-state index in [1.165, 1.54) is 22.6 Å². The fourth-order valence-corrected chi connectivity index (χ4v) is 3.33. The van der Waals surface area contributed by atoms with E-state index in [0.29, 0.717) is 0 Å². The lowest BCUT2D eigenvalue weighted by Crippen LogP contribution is -2.18. The van der Waals surface area contributed by atoms with Crippen molar-refractivity contribution in [2.24, 2.45) is 11.3 Å². The van der Waals surface area contributed by atoms with Gasteiger partial charge in [0.05, 0.1) is 4.88 Å². The van der Waals surface area contributed by atoms with E-state index < -0.39 is 0 Å². The van der Waals surface area contributed by atoms with E-state index in [9.17, 15) is 0 Å². The maximum Gasteiger partial charge on any atom is 0.0774 e. The number of thiophene rings is 1. The van der Waals surface area contributed by atoms with E-state index in [1.807, 2.05) is 11.3 Å². The fraction of sp³-hybridized carbons (Fsp3) is 0.625. The molecule has 1 aliphatic carbocycles. The van der Waals surface area contributed by atoms with Crippen molar-refractivity contribution in [3.8, 4) is 11.8 Å². The summed E-state index contributed by atoms with van der Waals surface area (Å²) in [5.41, 5.74) is 1.66. The molecule has 1 heterocycles. The lowest BCUT2D eigenvalue weighted by molar-refractivity contribution is 0.288. The van der Waals surface area contributed by atoms with Crippen LogP contribution in [-0.2, 0) is 0 Å². The highest BCUT2D eigenvalue weighted by molar-refractivity contribution is 7.12. The zero-order valence-electron chi connectivity index (χ0n) is 11.6. The van der Waals surface area contributed by atoms with Gasteiger partial charge in [0.15, 0.2) is 0 Å². The predicted octanol–water partition coefficient (Wildman–Crippen LogP) is 4.97. The Balaban J connectivity index is 2.16. The third-order valence-electron chi connectivity index (χ3n) is 3.33. The van der Waals surface area contributed by atoms with Crippen LogP contribution in [0.1, 0.15) is 61.8 Å². The molecule has 0 amide bonds. The van der Waals surface area contributed by atoms with Gasteiger partial charge in [0, 0.05) is 10.3 Å². The Kier molecular flexibility index (Phi) is 3.36. The lowest BCUT2D eigenvalue weighted by Gasteiger charge is -2.32. The molecule has 1 saturated carbocycles. The van der Waals surface area contributed by atoms with Gasteiger partial charge in [-0.2, -0.15) is 0 Å². The Bertz CT molecular complexity index is 456. The molecule has 0 nitrogen and oxygen atoms in total. The van der Waals surface area contributed by atoms with Gasteiger partial charge >= 0.3 is 0 Å². The summed E-state index contributed by atoms with van der Waals surface area (Å²) in [5, 5.41) is 0. The average molecular weight is 246 g/mol. The minimum Gasteiger partial charge on any atom is -0.132 e. The average Bonchev–Trinajstić information content (AvgIpc) is 2.51. The Morgan fingerprint density at radius 3 is 2.47 bits per heavy atom. The van der Waals surface area contributed by atoms with Gasteiger partial charge in [0.2, 0.25) is 0 Å². The van der Waals surface area contributed by atoms with Crippen molar-refractivity contribution in [1.82, 2.24) is 0 Å².